The topological polar surface area (TPSA) is 48.1 Å². The smallest absolute Gasteiger partial charge is 0.327 e. The molecule has 84 valence electrons. The molecule has 0 radical (unpaired) electrons. The number of benzene rings is 1. The summed E-state index contributed by atoms with van der Waals surface area (Å²) in [5.74, 6) is 0. The fourth-order valence-electron chi connectivity index (χ4n) is 1.62. The zero-order chi connectivity index (χ0) is 11.5. The highest BCUT2D eigenvalue weighted by Crippen LogP contribution is 2.19. The van der Waals surface area contributed by atoms with Crippen molar-refractivity contribution in [2.24, 2.45) is 0 Å². The third kappa shape index (κ3) is 1.99. The van der Waals surface area contributed by atoms with Crippen molar-refractivity contribution in [2.75, 3.05) is 7.05 Å². The fraction of sp³-hybridized carbons (Fsp3) is 0.182. The minimum Gasteiger partial charge on any atom is -0.361 e. The molecule has 0 saturated carbocycles. The van der Waals surface area contributed by atoms with E-state index in [0.717, 1.165) is 16.5 Å². The molecule has 1 heterocycles. The van der Waals surface area contributed by atoms with E-state index in [0.29, 0.717) is 6.54 Å². The summed E-state index contributed by atoms with van der Waals surface area (Å²) < 4.78 is 1.34. The summed E-state index contributed by atoms with van der Waals surface area (Å²) in [4.78, 5) is 14.5. The van der Waals surface area contributed by atoms with E-state index in [2.05, 4.69) is 23.1 Å². The van der Waals surface area contributed by atoms with Gasteiger partial charge in [0, 0.05) is 24.1 Å². The number of hydrogen-bond acceptors (Lipinski definition) is 2. The molecule has 4 nitrogen and oxygen atoms in total. The Morgan fingerprint density at radius 2 is 2.25 bits per heavy atom. The van der Waals surface area contributed by atoms with Gasteiger partial charge >= 0.3 is 6.03 Å². The normalized spacial score (nSPS) is 10.4. The van der Waals surface area contributed by atoms with Crippen LogP contribution in [0.15, 0.2) is 30.5 Å². The quantitative estimate of drug-likeness (QED) is 0.686. The number of aromatic amines is 1. The number of nitrogens with one attached hydrogen (secondary N) is 2. The minimum absolute atomic E-state index is 0.214. The zero-order valence-corrected chi connectivity index (χ0v) is 9.79. The maximum atomic E-state index is 11.3. The van der Waals surface area contributed by atoms with Gasteiger partial charge in [0.1, 0.15) is 0 Å². The summed E-state index contributed by atoms with van der Waals surface area (Å²) in [5.41, 5.74) is 2.12. The number of rotatable bonds is 2. The number of amides is 2. The lowest BCUT2D eigenvalue weighted by molar-refractivity contribution is 0.227. The first-order chi connectivity index (χ1) is 7.72. The van der Waals surface area contributed by atoms with Gasteiger partial charge in [0.15, 0.2) is 0 Å². The highest BCUT2D eigenvalue weighted by Gasteiger charge is 2.10. The van der Waals surface area contributed by atoms with E-state index in [1.54, 1.807) is 7.05 Å². The van der Waals surface area contributed by atoms with Crippen molar-refractivity contribution in [3.05, 3.63) is 36.0 Å². The van der Waals surface area contributed by atoms with Crippen LogP contribution in [-0.2, 0) is 6.54 Å². The third-order valence-electron chi connectivity index (χ3n) is 2.44. The number of urea groups is 1. The Bertz CT molecular complexity index is 509. The van der Waals surface area contributed by atoms with Gasteiger partial charge in [-0.1, -0.05) is 31.0 Å². The van der Waals surface area contributed by atoms with Crippen LogP contribution in [0.4, 0.5) is 4.79 Å². The van der Waals surface area contributed by atoms with Gasteiger partial charge in [-0.15, -0.1) is 0 Å². The van der Waals surface area contributed by atoms with Gasteiger partial charge in [-0.25, -0.2) is 4.79 Å². The molecule has 0 saturated heterocycles. The first kappa shape index (κ1) is 10.9. The molecule has 0 spiro atoms. The Hall–Kier alpha value is -1.62. The Morgan fingerprint density at radius 1 is 1.50 bits per heavy atom. The average molecular weight is 235 g/mol. The molecule has 2 N–H and O–H groups in total. The predicted octanol–water partition coefficient (Wildman–Crippen LogP) is 2.15. The van der Waals surface area contributed by atoms with E-state index >= 15 is 0 Å². The lowest BCUT2D eigenvalue weighted by Crippen LogP contribution is -2.30. The average Bonchev–Trinajstić information content (AvgIpc) is 2.72. The van der Waals surface area contributed by atoms with Gasteiger partial charge < -0.3 is 10.3 Å². The largest absolute Gasteiger partial charge is 0.361 e. The molecule has 1 aromatic heterocycles. The standard InChI is InChI=1S/C11H13N3OS/c1-12-11(15)14(16)7-8-6-13-10-5-3-2-4-9(8)10/h2-6,13,16H,7H2,1H3,(H,12,15). The van der Waals surface area contributed by atoms with Crippen LogP contribution in [0, 0.1) is 0 Å². The number of carbonyl (C=O) groups excluding carboxylic acids is 1. The molecule has 2 aromatic rings. The molecule has 0 atom stereocenters. The number of nitrogens with zero attached hydrogens (tertiary/aromatic N) is 1. The predicted molar refractivity (Wildman–Crippen MR) is 67.3 cm³/mol. The first-order valence-electron chi connectivity index (χ1n) is 4.95. The van der Waals surface area contributed by atoms with E-state index in [-0.39, 0.29) is 6.03 Å². The van der Waals surface area contributed by atoms with E-state index < -0.39 is 0 Å². The maximum absolute atomic E-state index is 11.3. The van der Waals surface area contributed by atoms with Gasteiger partial charge in [-0.05, 0) is 11.6 Å². The summed E-state index contributed by atoms with van der Waals surface area (Å²) >= 11 is 4.12. The van der Waals surface area contributed by atoms with E-state index in [1.165, 1.54) is 4.31 Å². The van der Waals surface area contributed by atoms with Gasteiger partial charge in [0.05, 0.1) is 6.54 Å². The number of thiol groups is 1. The van der Waals surface area contributed by atoms with Crippen molar-refractivity contribution in [1.29, 1.82) is 0 Å². The minimum atomic E-state index is -0.214. The summed E-state index contributed by atoms with van der Waals surface area (Å²) in [7, 11) is 1.58. The number of fused-ring (bicyclic) bond motifs is 1. The fourth-order valence-corrected chi connectivity index (χ4v) is 1.88. The molecule has 0 aliphatic heterocycles. The summed E-state index contributed by atoms with van der Waals surface area (Å²) in [6, 6.07) is 7.75. The Labute approximate surface area is 99.2 Å². The molecule has 0 bridgehead atoms. The lowest BCUT2D eigenvalue weighted by atomic mass is 10.2. The first-order valence-corrected chi connectivity index (χ1v) is 5.35. The van der Waals surface area contributed by atoms with Crippen molar-refractivity contribution in [3.8, 4) is 0 Å². The van der Waals surface area contributed by atoms with Crippen LogP contribution in [0.2, 0.25) is 0 Å². The Balaban J connectivity index is 2.24. The lowest BCUT2D eigenvalue weighted by Gasteiger charge is -2.13. The molecule has 2 amide bonds. The van der Waals surface area contributed by atoms with Crippen molar-refractivity contribution < 1.29 is 4.79 Å². The second-order valence-corrected chi connectivity index (χ2v) is 3.96. The monoisotopic (exact) mass is 235 g/mol. The maximum Gasteiger partial charge on any atom is 0.327 e. The summed E-state index contributed by atoms with van der Waals surface area (Å²) in [5, 5.41) is 3.64. The van der Waals surface area contributed by atoms with Crippen LogP contribution in [0.1, 0.15) is 5.56 Å². The molecule has 1 aromatic carbocycles. The van der Waals surface area contributed by atoms with E-state index in [1.807, 2.05) is 30.5 Å². The molecule has 0 unspecified atom stereocenters. The van der Waals surface area contributed by atoms with Crippen molar-refractivity contribution in [2.45, 2.75) is 6.54 Å². The molecular formula is C11H13N3OS. The molecule has 0 aliphatic rings. The van der Waals surface area contributed by atoms with Crippen LogP contribution in [0.5, 0.6) is 0 Å². The van der Waals surface area contributed by atoms with Gasteiger partial charge in [-0.3, -0.25) is 4.31 Å². The molecule has 0 aliphatic carbocycles. The molecule has 5 heteroatoms. The van der Waals surface area contributed by atoms with Crippen LogP contribution < -0.4 is 5.32 Å². The second kappa shape index (κ2) is 4.49. The number of aromatic nitrogens is 1. The van der Waals surface area contributed by atoms with Gasteiger partial charge in [0.2, 0.25) is 0 Å². The summed E-state index contributed by atoms with van der Waals surface area (Å²) in [6.07, 6.45) is 1.90. The highest BCUT2D eigenvalue weighted by molar-refractivity contribution is 7.78. The van der Waals surface area contributed by atoms with Gasteiger partial charge in [0.25, 0.3) is 0 Å². The SMILES string of the molecule is CNC(=O)N(S)Cc1c[nH]c2ccccc12. The van der Waals surface area contributed by atoms with Crippen molar-refractivity contribution in [3.63, 3.8) is 0 Å². The number of carbonyl (C=O) groups is 1. The highest BCUT2D eigenvalue weighted by atomic mass is 32.1. The Kier molecular flexibility index (Phi) is 3.05. The number of para-hydroxylation sites is 1. The number of H-pyrrole nitrogens is 1. The third-order valence-corrected chi connectivity index (χ3v) is 2.77. The van der Waals surface area contributed by atoms with E-state index in [9.17, 15) is 4.79 Å². The zero-order valence-electron chi connectivity index (χ0n) is 8.90. The molecule has 2 rings (SSSR count). The second-order valence-electron chi connectivity index (χ2n) is 3.47. The Morgan fingerprint density at radius 3 is 3.00 bits per heavy atom. The van der Waals surface area contributed by atoms with Crippen LogP contribution >= 0.6 is 12.8 Å². The van der Waals surface area contributed by atoms with Crippen molar-refractivity contribution in [1.82, 2.24) is 14.6 Å². The van der Waals surface area contributed by atoms with Crippen molar-refractivity contribution >= 4 is 29.7 Å². The van der Waals surface area contributed by atoms with Crippen LogP contribution in [-0.4, -0.2) is 22.4 Å². The summed E-state index contributed by atoms with van der Waals surface area (Å²) in [6.45, 7) is 0.465. The van der Waals surface area contributed by atoms with Crippen LogP contribution in [0.25, 0.3) is 10.9 Å². The number of hydrogen-bond donors (Lipinski definition) is 3. The van der Waals surface area contributed by atoms with Crippen LogP contribution in [0.3, 0.4) is 0 Å². The van der Waals surface area contributed by atoms with E-state index in [4.69, 9.17) is 0 Å². The van der Waals surface area contributed by atoms with Gasteiger partial charge in [-0.2, -0.15) is 0 Å². The molecule has 16 heavy (non-hydrogen) atoms. The molecular weight excluding hydrogens is 222 g/mol. The molecule has 0 fully saturated rings.